The van der Waals surface area contributed by atoms with Gasteiger partial charge in [0.05, 0.1) is 12.2 Å². The van der Waals surface area contributed by atoms with Crippen LogP contribution in [0.1, 0.15) is 37.4 Å². The van der Waals surface area contributed by atoms with Crippen LogP contribution in [0.15, 0.2) is 12.1 Å². The molecule has 3 N–H and O–H groups in total. The predicted octanol–water partition coefficient (Wildman–Crippen LogP) is 2.01. The third kappa shape index (κ3) is 5.06. The maximum Gasteiger partial charge on any atom is 0.252 e. The predicted molar refractivity (Wildman–Crippen MR) is 112 cm³/mol. The van der Waals surface area contributed by atoms with E-state index in [0.29, 0.717) is 18.3 Å². The number of carbonyl (C=O) groups is 1. The van der Waals surface area contributed by atoms with E-state index in [-0.39, 0.29) is 29.8 Å². The number of nitrogens with zero attached hydrogens (tertiary/aromatic N) is 5. The SMILES string of the molecule is Cc1cc(C)nc(-n2nc(C)cc2NC(=O)CN2CCC(N)C(C)(C)C2)n1.Cl. The number of nitrogens with two attached hydrogens (primary N) is 1. The molecule has 2 aromatic heterocycles. The normalized spacial score (nSPS) is 19.1. The Morgan fingerprint density at radius 3 is 2.46 bits per heavy atom. The maximum absolute atomic E-state index is 12.6. The molecule has 1 aliphatic rings. The van der Waals surface area contributed by atoms with Crippen LogP contribution in [-0.4, -0.2) is 56.2 Å². The first-order chi connectivity index (χ1) is 12.6. The van der Waals surface area contributed by atoms with Gasteiger partial charge in [0.1, 0.15) is 5.82 Å². The summed E-state index contributed by atoms with van der Waals surface area (Å²) in [6.45, 7) is 12.0. The van der Waals surface area contributed by atoms with Crippen LogP contribution in [0.25, 0.3) is 5.95 Å². The maximum atomic E-state index is 12.6. The highest BCUT2D eigenvalue weighted by Crippen LogP contribution is 2.27. The first-order valence-corrected chi connectivity index (χ1v) is 9.31. The highest BCUT2D eigenvalue weighted by atomic mass is 35.5. The van der Waals surface area contributed by atoms with Crippen molar-refractivity contribution in [1.82, 2.24) is 24.6 Å². The van der Waals surface area contributed by atoms with E-state index in [0.717, 1.165) is 36.6 Å². The van der Waals surface area contributed by atoms with Crippen molar-refractivity contribution in [3.05, 3.63) is 29.2 Å². The zero-order valence-electron chi connectivity index (χ0n) is 17.2. The molecule has 9 heteroatoms. The number of amides is 1. The van der Waals surface area contributed by atoms with Gasteiger partial charge in [-0.15, -0.1) is 12.4 Å². The molecular formula is C19H30ClN7O. The Kier molecular flexibility index (Phi) is 6.80. The molecule has 0 aromatic carbocycles. The number of nitrogens with one attached hydrogen (secondary N) is 1. The summed E-state index contributed by atoms with van der Waals surface area (Å²) in [5, 5.41) is 7.41. The smallest absolute Gasteiger partial charge is 0.252 e. The Bertz CT molecular complexity index is 829. The fourth-order valence-electron chi connectivity index (χ4n) is 3.55. The van der Waals surface area contributed by atoms with Gasteiger partial charge in [0.2, 0.25) is 5.91 Å². The van der Waals surface area contributed by atoms with Crippen LogP contribution in [-0.2, 0) is 4.79 Å². The molecule has 0 saturated carbocycles. The Balaban J connectivity index is 0.00000280. The summed E-state index contributed by atoms with van der Waals surface area (Å²) in [7, 11) is 0. The number of halogens is 1. The number of hydrogen-bond donors (Lipinski definition) is 2. The Hall–Kier alpha value is -2.03. The standard InChI is InChI=1S/C19H29N7O.ClH/c1-12-8-13(2)22-18(21-12)26-16(9-14(3)24-26)23-17(27)10-25-7-6-15(20)19(4,5)11-25;/h8-9,15H,6-7,10-11,20H2,1-5H3,(H,23,27);1H. The van der Waals surface area contributed by atoms with E-state index < -0.39 is 0 Å². The van der Waals surface area contributed by atoms with Gasteiger partial charge in [0.25, 0.3) is 5.95 Å². The summed E-state index contributed by atoms with van der Waals surface area (Å²) < 4.78 is 1.59. The van der Waals surface area contributed by atoms with E-state index in [1.165, 1.54) is 0 Å². The van der Waals surface area contributed by atoms with Crippen LogP contribution in [0.4, 0.5) is 5.82 Å². The van der Waals surface area contributed by atoms with Crippen molar-refractivity contribution in [2.75, 3.05) is 25.0 Å². The van der Waals surface area contributed by atoms with Crippen LogP contribution >= 0.6 is 12.4 Å². The van der Waals surface area contributed by atoms with Gasteiger partial charge >= 0.3 is 0 Å². The van der Waals surface area contributed by atoms with Gasteiger partial charge in [0.15, 0.2) is 0 Å². The average molecular weight is 408 g/mol. The Morgan fingerprint density at radius 2 is 1.86 bits per heavy atom. The van der Waals surface area contributed by atoms with Crippen LogP contribution in [0.5, 0.6) is 0 Å². The van der Waals surface area contributed by atoms with Crippen LogP contribution in [0.2, 0.25) is 0 Å². The van der Waals surface area contributed by atoms with E-state index in [9.17, 15) is 4.79 Å². The molecule has 28 heavy (non-hydrogen) atoms. The number of rotatable bonds is 4. The number of carbonyl (C=O) groups excluding carboxylic acids is 1. The van der Waals surface area contributed by atoms with Crippen LogP contribution in [0, 0.1) is 26.2 Å². The van der Waals surface area contributed by atoms with E-state index in [1.807, 2.05) is 32.9 Å². The van der Waals surface area contributed by atoms with Gasteiger partial charge < -0.3 is 11.1 Å². The third-order valence-corrected chi connectivity index (χ3v) is 5.02. The lowest BCUT2D eigenvalue weighted by Crippen LogP contribution is -2.53. The van der Waals surface area contributed by atoms with E-state index in [1.54, 1.807) is 4.68 Å². The lowest BCUT2D eigenvalue weighted by Gasteiger charge is -2.42. The minimum atomic E-state index is -0.0770. The Morgan fingerprint density at radius 1 is 1.21 bits per heavy atom. The van der Waals surface area contributed by atoms with Crippen molar-refractivity contribution in [2.45, 2.75) is 47.1 Å². The van der Waals surface area contributed by atoms with E-state index in [2.05, 4.69) is 39.1 Å². The van der Waals surface area contributed by atoms with Gasteiger partial charge in [-0.05, 0) is 38.7 Å². The Labute approximate surface area is 172 Å². The van der Waals surface area contributed by atoms with Crippen molar-refractivity contribution in [3.8, 4) is 5.95 Å². The second-order valence-corrected chi connectivity index (χ2v) is 8.18. The lowest BCUT2D eigenvalue weighted by molar-refractivity contribution is -0.118. The van der Waals surface area contributed by atoms with Crippen LogP contribution in [0.3, 0.4) is 0 Å². The number of likely N-dealkylation sites (tertiary alicyclic amines) is 1. The fourth-order valence-corrected chi connectivity index (χ4v) is 3.55. The van der Waals surface area contributed by atoms with Gasteiger partial charge in [0, 0.05) is 36.6 Å². The second kappa shape index (κ2) is 8.55. The molecule has 0 spiro atoms. The zero-order chi connectivity index (χ0) is 19.8. The topological polar surface area (TPSA) is 102 Å². The largest absolute Gasteiger partial charge is 0.327 e. The third-order valence-electron chi connectivity index (χ3n) is 5.02. The fraction of sp³-hybridized carbons (Fsp3) is 0.579. The second-order valence-electron chi connectivity index (χ2n) is 8.18. The molecule has 0 aliphatic carbocycles. The van der Waals surface area contributed by atoms with E-state index >= 15 is 0 Å². The molecule has 1 atom stereocenters. The molecule has 154 valence electrons. The minimum absolute atomic E-state index is 0. The number of aromatic nitrogens is 4. The molecule has 8 nitrogen and oxygen atoms in total. The number of piperidine rings is 1. The molecule has 1 unspecified atom stereocenters. The van der Waals surface area contributed by atoms with Gasteiger partial charge in [-0.1, -0.05) is 13.8 Å². The summed E-state index contributed by atoms with van der Waals surface area (Å²) >= 11 is 0. The summed E-state index contributed by atoms with van der Waals surface area (Å²) in [5.74, 6) is 0.961. The molecular weight excluding hydrogens is 378 g/mol. The van der Waals surface area contributed by atoms with Gasteiger partial charge in [-0.3, -0.25) is 9.69 Å². The molecule has 0 bridgehead atoms. The first-order valence-electron chi connectivity index (χ1n) is 9.31. The van der Waals surface area contributed by atoms with Crippen molar-refractivity contribution in [2.24, 2.45) is 11.1 Å². The zero-order valence-corrected chi connectivity index (χ0v) is 18.0. The monoisotopic (exact) mass is 407 g/mol. The number of aryl methyl sites for hydroxylation is 3. The quantitative estimate of drug-likeness (QED) is 0.803. The highest BCUT2D eigenvalue weighted by Gasteiger charge is 2.34. The van der Waals surface area contributed by atoms with Crippen LogP contribution < -0.4 is 11.1 Å². The number of anilines is 1. The minimum Gasteiger partial charge on any atom is -0.327 e. The van der Waals surface area contributed by atoms with Gasteiger partial charge in [-0.2, -0.15) is 9.78 Å². The molecule has 2 aromatic rings. The summed E-state index contributed by atoms with van der Waals surface area (Å²) in [6.07, 6.45) is 0.897. The van der Waals surface area contributed by atoms with E-state index in [4.69, 9.17) is 5.73 Å². The molecule has 1 saturated heterocycles. The first kappa shape index (κ1) is 22.3. The average Bonchev–Trinajstić information content (AvgIpc) is 2.90. The lowest BCUT2D eigenvalue weighted by atomic mass is 9.80. The molecule has 0 radical (unpaired) electrons. The summed E-state index contributed by atoms with van der Waals surface area (Å²) in [5.41, 5.74) is 8.69. The van der Waals surface area contributed by atoms with Crippen molar-refractivity contribution >= 4 is 24.1 Å². The number of hydrogen-bond acceptors (Lipinski definition) is 6. The van der Waals surface area contributed by atoms with Gasteiger partial charge in [-0.25, -0.2) is 9.97 Å². The molecule has 1 fully saturated rings. The van der Waals surface area contributed by atoms with Crippen molar-refractivity contribution < 1.29 is 4.79 Å². The molecule has 3 heterocycles. The molecule has 1 aliphatic heterocycles. The van der Waals surface area contributed by atoms with Crippen molar-refractivity contribution in [3.63, 3.8) is 0 Å². The summed E-state index contributed by atoms with van der Waals surface area (Å²) in [4.78, 5) is 23.7. The van der Waals surface area contributed by atoms with Crippen molar-refractivity contribution in [1.29, 1.82) is 0 Å². The summed E-state index contributed by atoms with van der Waals surface area (Å²) in [6, 6.07) is 3.90. The highest BCUT2D eigenvalue weighted by molar-refractivity contribution is 5.91. The molecule has 3 rings (SSSR count). The molecule has 1 amide bonds.